The predicted octanol–water partition coefficient (Wildman–Crippen LogP) is 3.64. The molecule has 2 N–H and O–H groups in total. The van der Waals surface area contributed by atoms with E-state index in [1.54, 1.807) is 6.07 Å². The number of halogens is 2. The van der Waals surface area contributed by atoms with E-state index < -0.39 is 11.7 Å². The molecule has 0 radical (unpaired) electrons. The molecule has 25 heavy (non-hydrogen) atoms. The summed E-state index contributed by atoms with van der Waals surface area (Å²) in [6.07, 6.45) is 0.247. The van der Waals surface area contributed by atoms with Crippen molar-refractivity contribution in [3.63, 3.8) is 0 Å². The molecule has 1 aliphatic carbocycles. The van der Waals surface area contributed by atoms with Gasteiger partial charge in [-0.15, -0.1) is 0 Å². The van der Waals surface area contributed by atoms with Gasteiger partial charge >= 0.3 is 6.09 Å². The fourth-order valence-electron chi connectivity index (χ4n) is 2.82. The molecule has 1 amide bonds. The average molecular weight is 373 g/mol. The number of benzene rings is 1. The molecule has 5 nitrogen and oxygen atoms in total. The van der Waals surface area contributed by atoms with E-state index in [9.17, 15) is 9.18 Å². The molecule has 0 bridgehead atoms. The molecule has 3 unspecified atom stereocenters. The summed E-state index contributed by atoms with van der Waals surface area (Å²) in [6.45, 7) is 8.41. The number of hydrogen-bond acceptors (Lipinski definition) is 4. The van der Waals surface area contributed by atoms with Crippen LogP contribution in [-0.2, 0) is 16.0 Å². The number of ether oxygens (including phenoxy) is 2. The Morgan fingerprint density at radius 2 is 2.08 bits per heavy atom. The number of nitrogens with one attached hydrogen (secondary N) is 2. The second-order valence-corrected chi connectivity index (χ2v) is 7.60. The van der Waals surface area contributed by atoms with Crippen molar-refractivity contribution in [1.82, 2.24) is 10.6 Å². The molecule has 140 valence electrons. The molecular formula is C18H26ClFN2O3. The van der Waals surface area contributed by atoms with E-state index in [0.29, 0.717) is 24.6 Å². The minimum Gasteiger partial charge on any atom is -0.444 e. The van der Waals surface area contributed by atoms with Crippen LogP contribution in [0.4, 0.5) is 9.18 Å². The maximum absolute atomic E-state index is 13.4. The molecule has 1 aliphatic rings. The van der Waals surface area contributed by atoms with Gasteiger partial charge in [-0.25, -0.2) is 9.18 Å². The van der Waals surface area contributed by atoms with E-state index in [2.05, 4.69) is 10.6 Å². The average Bonchev–Trinajstić information content (AvgIpc) is 2.43. The number of amides is 1. The summed E-state index contributed by atoms with van der Waals surface area (Å²) >= 11 is 5.88. The standard InChI is InChI=1S/C18H26ClFN2O3/c1-5-24-15-9-14(22-17(23)25-18(2,3)4)16(15)21-10-11-6-12(19)8-13(20)7-11/h6-8,14-16,21H,5,9-10H2,1-4H3,(H,22,23). The van der Waals surface area contributed by atoms with Crippen molar-refractivity contribution in [3.8, 4) is 0 Å². The van der Waals surface area contributed by atoms with E-state index in [0.717, 1.165) is 5.56 Å². The highest BCUT2D eigenvalue weighted by molar-refractivity contribution is 6.30. The summed E-state index contributed by atoms with van der Waals surface area (Å²) in [4.78, 5) is 12.0. The third kappa shape index (κ3) is 6.13. The lowest BCUT2D eigenvalue weighted by Gasteiger charge is -2.45. The zero-order chi connectivity index (χ0) is 18.6. The van der Waals surface area contributed by atoms with Crippen molar-refractivity contribution in [2.24, 2.45) is 0 Å². The van der Waals surface area contributed by atoms with Crippen molar-refractivity contribution in [3.05, 3.63) is 34.6 Å². The molecular weight excluding hydrogens is 347 g/mol. The highest BCUT2D eigenvalue weighted by atomic mass is 35.5. The third-order valence-corrected chi connectivity index (χ3v) is 4.09. The van der Waals surface area contributed by atoms with Crippen molar-refractivity contribution in [2.75, 3.05) is 6.61 Å². The van der Waals surface area contributed by atoms with Gasteiger partial charge in [-0.3, -0.25) is 0 Å². The lowest BCUT2D eigenvalue weighted by Crippen LogP contribution is -2.66. The van der Waals surface area contributed by atoms with E-state index in [4.69, 9.17) is 21.1 Å². The molecule has 1 aromatic rings. The van der Waals surface area contributed by atoms with E-state index >= 15 is 0 Å². The SMILES string of the molecule is CCOC1CC(NC(=O)OC(C)(C)C)C1NCc1cc(F)cc(Cl)c1. The summed E-state index contributed by atoms with van der Waals surface area (Å²) in [5.41, 5.74) is 0.192. The van der Waals surface area contributed by atoms with E-state index in [1.807, 2.05) is 27.7 Å². The molecule has 0 heterocycles. The van der Waals surface area contributed by atoms with Crippen molar-refractivity contribution >= 4 is 17.7 Å². The quantitative estimate of drug-likeness (QED) is 0.800. The van der Waals surface area contributed by atoms with Crippen LogP contribution in [0.25, 0.3) is 0 Å². The number of alkyl carbamates (subject to hydrolysis) is 1. The van der Waals surface area contributed by atoms with Crippen molar-refractivity contribution in [2.45, 2.75) is 64.4 Å². The predicted molar refractivity (Wildman–Crippen MR) is 95.2 cm³/mol. The van der Waals surface area contributed by atoms with Gasteiger partial charge in [-0.05, 0) is 57.9 Å². The maximum Gasteiger partial charge on any atom is 0.407 e. The molecule has 7 heteroatoms. The Kier molecular flexibility index (Phi) is 6.65. The first kappa shape index (κ1) is 19.9. The molecule has 2 rings (SSSR count). The Labute approximate surface area is 153 Å². The van der Waals surface area contributed by atoms with Gasteiger partial charge in [0.2, 0.25) is 0 Å². The smallest absolute Gasteiger partial charge is 0.407 e. The van der Waals surface area contributed by atoms with Crippen LogP contribution < -0.4 is 10.6 Å². The molecule has 0 aliphatic heterocycles. The highest BCUT2D eigenvalue weighted by Gasteiger charge is 2.42. The van der Waals surface area contributed by atoms with Crippen LogP contribution in [0, 0.1) is 5.82 Å². The molecule has 1 fully saturated rings. The fourth-order valence-corrected chi connectivity index (χ4v) is 3.07. The molecule has 0 aromatic heterocycles. The highest BCUT2D eigenvalue weighted by Crippen LogP contribution is 2.26. The maximum atomic E-state index is 13.4. The van der Waals surface area contributed by atoms with E-state index in [1.165, 1.54) is 12.1 Å². The molecule has 0 spiro atoms. The van der Waals surface area contributed by atoms with Gasteiger partial charge in [0.1, 0.15) is 11.4 Å². The second-order valence-electron chi connectivity index (χ2n) is 7.17. The minimum atomic E-state index is -0.547. The zero-order valence-electron chi connectivity index (χ0n) is 15.1. The minimum absolute atomic E-state index is 0.00559. The summed E-state index contributed by atoms with van der Waals surface area (Å²) in [6, 6.07) is 4.24. The number of rotatable bonds is 6. The third-order valence-electron chi connectivity index (χ3n) is 3.87. The van der Waals surface area contributed by atoms with Gasteiger partial charge in [-0.1, -0.05) is 11.6 Å². The first-order valence-corrected chi connectivity index (χ1v) is 8.85. The van der Waals surface area contributed by atoms with Gasteiger partial charge in [0, 0.05) is 18.2 Å². The van der Waals surface area contributed by atoms with Gasteiger partial charge in [-0.2, -0.15) is 0 Å². The van der Waals surface area contributed by atoms with E-state index in [-0.39, 0.29) is 24.0 Å². The van der Waals surface area contributed by atoms with Crippen molar-refractivity contribution in [1.29, 1.82) is 0 Å². The summed E-state index contributed by atoms with van der Waals surface area (Å²) < 4.78 is 24.4. The Morgan fingerprint density at radius 1 is 1.36 bits per heavy atom. The van der Waals surface area contributed by atoms with Crippen LogP contribution in [0.5, 0.6) is 0 Å². The zero-order valence-corrected chi connectivity index (χ0v) is 15.8. The summed E-state index contributed by atoms with van der Waals surface area (Å²) in [5.74, 6) is -0.373. The van der Waals surface area contributed by atoms with Crippen molar-refractivity contribution < 1.29 is 18.7 Å². The lowest BCUT2D eigenvalue weighted by molar-refractivity contribution is -0.0438. The van der Waals surface area contributed by atoms with Crippen LogP contribution in [0.2, 0.25) is 5.02 Å². The fraction of sp³-hybridized carbons (Fsp3) is 0.611. The van der Waals surface area contributed by atoms with Crippen LogP contribution in [0.1, 0.15) is 39.7 Å². The van der Waals surface area contributed by atoms with Gasteiger partial charge < -0.3 is 20.1 Å². The molecule has 3 atom stereocenters. The first-order valence-electron chi connectivity index (χ1n) is 8.47. The molecule has 1 saturated carbocycles. The summed E-state index contributed by atoms with van der Waals surface area (Å²) in [5, 5.41) is 6.55. The first-order chi connectivity index (χ1) is 11.7. The van der Waals surface area contributed by atoms with Gasteiger partial charge in [0.25, 0.3) is 0 Å². The summed E-state index contributed by atoms with van der Waals surface area (Å²) in [7, 11) is 0. The Bertz CT molecular complexity index is 586. The van der Waals surface area contributed by atoms with Crippen LogP contribution in [-0.4, -0.2) is 36.5 Å². The largest absolute Gasteiger partial charge is 0.444 e. The van der Waals surface area contributed by atoms with Crippen LogP contribution >= 0.6 is 11.6 Å². The van der Waals surface area contributed by atoms with Crippen LogP contribution in [0.15, 0.2) is 18.2 Å². The Hall–Kier alpha value is -1.37. The number of carbonyl (C=O) groups is 1. The number of carbonyl (C=O) groups excluding carboxylic acids is 1. The topological polar surface area (TPSA) is 59.6 Å². The van der Waals surface area contributed by atoms with Gasteiger partial charge in [0.15, 0.2) is 0 Å². The lowest BCUT2D eigenvalue weighted by atomic mass is 9.82. The second kappa shape index (κ2) is 8.34. The number of hydrogen-bond donors (Lipinski definition) is 2. The Morgan fingerprint density at radius 3 is 2.68 bits per heavy atom. The molecule has 1 aromatic carbocycles. The normalized spacial score (nSPS) is 23.0. The van der Waals surface area contributed by atoms with Crippen LogP contribution in [0.3, 0.4) is 0 Å². The monoisotopic (exact) mass is 372 g/mol. The Balaban J connectivity index is 1.94. The van der Waals surface area contributed by atoms with Gasteiger partial charge in [0.05, 0.1) is 18.2 Å². The molecule has 0 saturated heterocycles.